The molecule has 36 heavy (non-hydrogen) atoms. The summed E-state index contributed by atoms with van der Waals surface area (Å²) in [5.74, 6) is -0.0809. The van der Waals surface area contributed by atoms with Gasteiger partial charge in [-0.2, -0.15) is 5.10 Å². The molecule has 4 aromatic rings. The molecular weight excluding hydrogens is 526 g/mol. The topological polar surface area (TPSA) is 102 Å². The summed E-state index contributed by atoms with van der Waals surface area (Å²) in [7, 11) is 1.80. The van der Waals surface area contributed by atoms with Gasteiger partial charge in [0.15, 0.2) is 6.23 Å². The molecule has 3 heterocycles. The second-order valence-electron chi connectivity index (χ2n) is 8.26. The summed E-state index contributed by atoms with van der Waals surface area (Å²) >= 11 is 3.47. The Balaban J connectivity index is 1.43. The summed E-state index contributed by atoms with van der Waals surface area (Å²) in [6, 6.07) is 15.4. The fourth-order valence-electron chi connectivity index (χ4n) is 4.26. The van der Waals surface area contributed by atoms with Gasteiger partial charge in [0, 0.05) is 35.4 Å². The molecule has 2 aromatic heterocycles. The van der Waals surface area contributed by atoms with Crippen LogP contribution >= 0.6 is 15.9 Å². The van der Waals surface area contributed by atoms with E-state index in [1.807, 2.05) is 54.7 Å². The molecule has 1 atom stereocenters. The molecule has 1 saturated heterocycles. The van der Waals surface area contributed by atoms with Crippen molar-refractivity contribution in [2.75, 3.05) is 30.8 Å². The maximum Gasteiger partial charge on any atom is 0.250 e. The fraction of sp³-hybridized carbons (Fsp3) is 0.192. The fourth-order valence-corrected chi connectivity index (χ4v) is 4.53. The Morgan fingerprint density at radius 1 is 1.17 bits per heavy atom. The molecule has 9 nitrogen and oxygen atoms in total. The summed E-state index contributed by atoms with van der Waals surface area (Å²) in [4.78, 5) is 25.4. The molecule has 0 aliphatic carbocycles. The zero-order valence-corrected chi connectivity index (χ0v) is 21.1. The summed E-state index contributed by atoms with van der Waals surface area (Å²) in [6.07, 6.45) is 5.81. The van der Waals surface area contributed by atoms with Crippen LogP contribution in [0.3, 0.4) is 0 Å². The molecule has 2 aromatic carbocycles. The molecule has 1 aliphatic heterocycles. The quantitative estimate of drug-likeness (QED) is 0.296. The number of nitrogens with zero attached hydrogens (tertiary/aromatic N) is 3. The van der Waals surface area contributed by atoms with E-state index in [0.29, 0.717) is 30.8 Å². The summed E-state index contributed by atoms with van der Waals surface area (Å²) in [6.45, 7) is 0.463. The van der Waals surface area contributed by atoms with E-state index in [1.165, 1.54) is 0 Å². The Hall–Kier alpha value is -3.89. The first kappa shape index (κ1) is 23.8. The summed E-state index contributed by atoms with van der Waals surface area (Å²) in [5.41, 5.74) is 5.69. The second-order valence-corrected chi connectivity index (χ2v) is 9.17. The number of carbonyl (C=O) groups is 2. The van der Waals surface area contributed by atoms with Gasteiger partial charge in [-0.05, 0) is 54.4 Å². The predicted octanol–water partition coefficient (Wildman–Crippen LogP) is 4.60. The first-order chi connectivity index (χ1) is 17.6. The SMILES string of the molecule is CNc1cc(CCN2C(=O)COC2c2cn(-c3ccc(Br)cc3)nc2-c2ccoc2)ccc1NC=O. The number of carbonyl (C=O) groups excluding carboxylic acids is 2. The van der Waals surface area contributed by atoms with Gasteiger partial charge in [-0.25, -0.2) is 4.68 Å². The van der Waals surface area contributed by atoms with Crippen LogP contribution < -0.4 is 10.6 Å². The predicted molar refractivity (Wildman–Crippen MR) is 139 cm³/mol. The van der Waals surface area contributed by atoms with Gasteiger partial charge >= 0.3 is 0 Å². The smallest absolute Gasteiger partial charge is 0.250 e. The molecule has 1 unspecified atom stereocenters. The molecule has 184 valence electrons. The minimum Gasteiger partial charge on any atom is -0.472 e. The highest BCUT2D eigenvalue weighted by molar-refractivity contribution is 9.10. The van der Waals surface area contributed by atoms with Gasteiger partial charge in [-0.1, -0.05) is 22.0 Å². The largest absolute Gasteiger partial charge is 0.472 e. The third-order valence-corrected chi connectivity index (χ3v) is 6.60. The second kappa shape index (κ2) is 10.4. The normalized spacial score (nSPS) is 15.3. The standard InChI is InChI=1S/C26H24BrN5O4/c1-28-23-12-17(2-7-22(23)29-16-33)8-10-31-24(34)15-36-26(31)21-13-32(20-5-3-19(27)4-6-20)30-25(21)18-9-11-35-14-18/h2-7,9,11-14,16,26,28H,8,10,15H2,1H3,(H,29,33). The van der Waals surface area contributed by atoms with Crippen LogP contribution in [0.4, 0.5) is 11.4 Å². The van der Waals surface area contributed by atoms with Crippen molar-refractivity contribution in [2.45, 2.75) is 12.6 Å². The number of nitrogens with one attached hydrogen (secondary N) is 2. The van der Waals surface area contributed by atoms with Gasteiger partial charge in [-0.15, -0.1) is 0 Å². The highest BCUT2D eigenvalue weighted by atomic mass is 79.9. The van der Waals surface area contributed by atoms with Crippen molar-refractivity contribution < 1.29 is 18.7 Å². The number of furan rings is 1. The lowest BCUT2D eigenvalue weighted by Crippen LogP contribution is -2.30. The van der Waals surface area contributed by atoms with Gasteiger partial charge in [0.25, 0.3) is 5.91 Å². The molecule has 0 spiro atoms. The van der Waals surface area contributed by atoms with Gasteiger partial charge in [0.05, 0.1) is 29.6 Å². The van der Waals surface area contributed by atoms with Gasteiger partial charge in [0.1, 0.15) is 12.3 Å². The minimum atomic E-state index is -0.577. The number of amides is 2. The van der Waals surface area contributed by atoms with Gasteiger partial charge in [0.2, 0.25) is 6.41 Å². The van der Waals surface area contributed by atoms with Crippen molar-refractivity contribution >= 4 is 39.6 Å². The molecular formula is C26H24BrN5O4. The third kappa shape index (κ3) is 4.77. The highest BCUT2D eigenvalue weighted by Crippen LogP contribution is 2.36. The number of halogens is 1. The Kier molecular flexibility index (Phi) is 6.88. The number of rotatable bonds is 9. The third-order valence-electron chi connectivity index (χ3n) is 6.07. The van der Waals surface area contributed by atoms with E-state index in [-0.39, 0.29) is 12.5 Å². The Morgan fingerprint density at radius 2 is 2.00 bits per heavy atom. The number of hydrogen-bond donors (Lipinski definition) is 2. The van der Waals surface area contributed by atoms with Crippen LogP contribution in [-0.2, 0) is 20.7 Å². The van der Waals surface area contributed by atoms with Gasteiger partial charge < -0.3 is 24.7 Å². The van der Waals surface area contributed by atoms with Crippen LogP contribution in [0, 0.1) is 0 Å². The van der Waals surface area contributed by atoms with E-state index < -0.39 is 6.23 Å². The zero-order chi connectivity index (χ0) is 25.1. The van der Waals surface area contributed by atoms with Crippen molar-refractivity contribution in [3.05, 3.63) is 82.9 Å². The van der Waals surface area contributed by atoms with Crippen molar-refractivity contribution in [1.29, 1.82) is 0 Å². The van der Waals surface area contributed by atoms with Crippen LogP contribution in [0.5, 0.6) is 0 Å². The van der Waals surface area contributed by atoms with Crippen LogP contribution in [0.15, 0.2) is 76.1 Å². The van der Waals surface area contributed by atoms with E-state index in [0.717, 1.165) is 32.5 Å². The lowest BCUT2D eigenvalue weighted by atomic mass is 10.1. The number of aromatic nitrogens is 2. The van der Waals surface area contributed by atoms with E-state index >= 15 is 0 Å². The first-order valence-corrected chi connectivity index (χ1v) is 12.2. The molecule has 1 fully saturated rings. The molecule has 1 aliphatic rings. The average molecular weight is 550 g/mol. The maximum atomic E-state index is 12.8. The Morgan fingerprint density at radius 3 is 2.72 bits per heavy atom. The number of ether oxygens (including phenoxy) is 1. The van der Waals surface area contributed by atoms with E-state index in [1.54, 1.807) is 29.2 Å². The van der Waals surface area contributed by atoms with Crippen molar-refractivity contribution in [2.24, 2.45) is 0 Å². The molecule has 5 rings (SSSR count). The van der Waals surface area contributed by atoms with Crippen molar-refractivity contribution in [3.63, 3.8) is 0 Å². The molecule has 10 heteroatoms. The average Bonchev–Trinajstić information content (AvgIpc) is 3.64. The van der Waals surface area contributed by atoms with E-state index in [4.69, 9.17) is 14.3 Å². The monoisotopic (exact) mass is 549 g/mol. The van der Waals surface area contributed by atoms with Crippen molar-refractivity contribution in [3.8, 4) is 16.9 Å². The molecule has 2 amide bonds. The lowest BCUT2D eigenvalue weighted by molar-refractivity contribution is -0.128. The van der Waals surface area contributed by atoms with Crippen LogP contribution in [-0.4, -0.2) is 47.2 Å². The molecule has 0 saturated carbocycles. The lowest BCUT2D eigenvalue weighted by Gasteiger charge is -2.23. The number of benzene rings is 2. The van der Waals surface area contributed by atoms with Crippen LogP contribution in [0.1, 0.15) is 17.4 Å². The Bertz CT molecular complexity index is 1370. The maximum absolute atomic E-state index is 12.8. The minimum absolute atomic E-state index is 0.00289. The van der Waals surface area contributed by atoms with Crippen LogP contribution in [0.25, 0.3) is 16.9 Å². The molecule has 0 radical (unpaired) electrons. The number of anilines is 2. The zero-order valence-electron chi connectivity index (χ0n) is 19.5. The Labute approximate surface area is 216 Å². The van der Waals surface area contributed by atoms with E-state index in [9.17, 15) is 9.59 Å². The highest BCUT2D eigenvalue weighted by Gasteiger charge is 2.36. The number of hydrogen-bond acceptors (Lipinski definition) is 6. The summed E-state index contributed by atoms with van der Waals surface area (Å²) in [5, 5.41) is 10.6. The van der Waals surface area contributed by atoms with E-state index in [2.05, 4.69) is 26.6 Å². The molecule has 0 bridgehead atoms. The van der Waals surface area contributed by atoms with Crippen LogP contribution in [0.2, 0.25) is 0 Å². The first-order valence-electron chi connectivity index (χ1n) is 11.4. The van der Waals surface area contributed by atoms with Gasteiger partial charge in [-0.3, -0.25) is 9.59 Å². The summed E-state index contributed by atoms with van der Waals surface area (Å²) < 4.78 is 14.0. The molecule has 2 N–H and O–H groups in total. The van der Waals surface area contributed by atoms with Crippen molar-refractivity contribution in [1.82, 2.24) is 14.7 Å².